The summed E-state index contributed by atoms with van der Waals surface area (Å²) in [4.78, 5) is 0. The summed E-state index contributed by atoms with van der Waals surface area (Å²) in [5, 5.41) is 7.49. The SMILES string of the molecule is CSC1(CNC(C)CC2CCCCCN2)CCC1. The molecule has 2 rings (SSSR count). The van der Waals surface area contributed by atoms with Gasteiger partial charge in [0.05, 0.1) is 0 Å². The van der Waals surface area contributed by atoms with Gasteiger partial charge in [-0.05, 0) is 51.8 Å². The van der Waals surface area contributed by atoms with Gasteiger partial charge >= 0.3 is 0 Å². The third kappa shape index (κ3) is 4.14. The molecule has 0 aromatic rings. The van der Waals surface area contributed by atoms with Crippen molar-refractivity contribution >= 4 is 11.8 Å². The van der Waals surface area contributed by atoms with Crippen molar-refractivity contribution in [3.8, 4) is 0 Å². The molecule has 0 spiro atoms. The fourth-order valence-corrected chi connectivity index (χ4v) is 4.12. The lowest BCUT2D eigenvalue weighted by Gasteiger charge is -2.41. The van der Waals surface area contributed by atoms with Gasteiger partial charge in [0.15, 0.2) is 0 Å². The molecule has 2 N–H and O–H groups in total. The first-order valence-corrected chi connectivity index (χ1v) is 8.98. The Hall–Kier alpha value is 0.270. The molecule has 2 aliphatic rings. The van der Waals surface area contributed by atoms with Crippen LogP contribution in [0.15, 0.2) is 0 Å². The summed E-state index contributed by atoms with van der Waals surface area (Å²) in [5.74, 6) is 0. The predicted molar refractivity (Wildman–Crippen MR) is 82.4 cm³/mol. The van der Waals surface area contributed by atoms with Gasteiger partial charge in [0.1, 0.15) is 0 Å². The second-order valence-corrected chi connectivity index (χ2v) is 7.53. The molecule has 0 aromatic carbocycles. The summed E-state index contributed by atoms with van der Waals surface area (Å²) in [6, 6.07) is 1.41. The fourth-order valence-electron chi connectivity index (χ4n) is 3.20. The van der Waals surface area contributed by atoms with Crippen LogP contribution >= 0.6 is 11.8 Å². The smallest absolute Gasteiger partial charge is 0.0281 e. The molecule has 0 bridgehead atoms. The molecule has 2 nitrogen and oxygen atoms in total. The monoisotopic (exact) mass is 270 g/mol. The van der Waals surface area contributed by atoms with Gasteiger partial charge in [-0.25, -0.2) is 0 Å². The quantitative estimate of drug-likeness (QED) is 0.775. The predicted octanol–water partition coefficient (Wildman–Crippen LogP) is 3.17. The summed E-state index contributed by atoms with van der Waals surface area (Å²) >= 11 is 2.07. The highest BCUT2D eigenvalue weighted by Gasteiger charge is 2.35. The van der Waals surface area contributed by atoms with Crippen LogP contribution < -0.4 is 10.6 Å². The minimum atomic E-state index is 0.575. The molecule has 1 heterocycles. The Morgan fingerprint density at radius 2 is 2.11 bits per heavy atom. The van der Waals surface area contributed by atoms with Crippen molar-refractivity contribution in [2.45, 2.75) is 75.1 Å². The van der Waals surface area contributed by atoms with Gasteiger partial charge in [-0.2, -0.15) is 11.8 Å². The second-order valence-electron chi connectivity index (χ2n) is 6.26. The molecule has 1 aliphatic heterocycles. The summed E-state index contributed by atoms with van der Waals surface area (Å²) in [6.45, 7) is 4.80. The molecule has 3 heteroatoms. The maximum atomic E-state index is 3.78. The first kappa shape index (κ1) is 14.7. The number of hydrogen-bond donors (Lipinski definition) is 2. The highest BCUT2D eigenvalue weighted by atomic mass is 32.2. The van der Waals surface area contributed by atoms with Gasteiger partial charge in [-0.1, -0.05) is 19.3 Å². The van der Waals surface area contributed by atoms with E-state index in [1.807, 2.05) is 0 Å². The standard InChI is InChI=1S/C15H30N2S/c1-13(11-14-7-4-3-5-10-16-14)17-12-15(18-2)8-6-9-15/h13-14,16-17H,3-12H2,1-2H3. The lowest BCUT2D eigenvalue weighted by atomic mass is 9.84. The summed E-state index contributed by atoms with van der Waals surface area (Å²) < 4.78 is 0.575. The average Bonchev–Trinajstić information content (AvgIpc) is 2.57. The van der Waals surface area contributed by atoms with Crippen LogP contribution in [0.1, 0.15) is 58.3 Å². The Labute approximate surface area is 117 Å². The van der Waals surface area contributed by atoms with Crippen molar-refractivity contribution in [2.75, 3.05) is 19.3 Å². The van der Waals surface area contributed by atoms with Gasteiger partial charge in [-0.3, -0.25) is 0 Å². The highest BCUT2D eigenvalue weighted by Crippen LogP contribution is 2.42. The molecule has 1 saturated carbocycles. The van der Waals surface area contributed by atoms with Crippen LogP contribution in [0, 0.1) is 0 Å². The second kappa shape index (κ2) is 7.16. The van der Waals surface area contributed by atoms with E-state index >= 15 is 0 Å². The van der Waals surface area contributed by atoms with Crippen molar-refractivity contribution in [3.05, 3.63) is 0 Å². The summed E-state index contributed by atoms with van der Waals surface area (Å²) in [7, 11) is 0. The van der Waals surface area contributed by atoms with E-state index in [-0.39, 0.29) is 0 Å². The van der Waals surface area contributed by atoms with Gasteiger partial charge in [0, 0.05) is 23.4 Å². The topological polar surface area (TPSA) is 24.1 Å². The van der Waals surface area contributed by atoms with E-state index < -0.39 is 0 Å². The normalized spacial score (nSPS) is 29.3. The van der Waals surface area contributed by atoms with Crippen LogP contribution in [-0.4, -0.2) is 36.2 Å². The third-order valence-electron chi connectivity index (χ3n) is 4.77. The Kier molecular flexibility index (Phi) is 5.84. The number of nitrogens with one attached hydrogen (secondary N) is 2. The zero-order valence-corrected chi connectivity index (χ0v) is 13.0. The Morgan fingerprint density at radius 1 is 1.28 bits per heavy atom. The Balaban J connectivity index is 1.66. The van der Waals surface area contributed by atoms with E-state index in [0.29, 0.717) is 10.8 Å². The minimum Gasteiger partial charge on any atom is -0.314 e. The zero-order valence-electron chi connectivity index (χ0n) is 12.1. The van der Waals surface area contributed by atoms with Gasteiger partial charge in [0.25, 0.3) is 0 Å². The van der Waals surface area contributed by atoms with E-state index in [2.05, 4.69) is 35.6 Å². The molecule has 1 aliphatic carbocycles. The first-order valence-electron chi connectivity index (χ1n) is 7.76. The first-order chi connectivity index (χ1) is 8.74. The molecular formula is C15H30N2S. The van der Waals surface area contributed by atoms with E-state index in [4.69, 9.17) is 0 Å². The fraction of sp³-hybridized carbons (Fsp3) is 1.00. The Morgan fingerprint density at radius 3 is 2.78 bits per heavy atom. The molecule has 0 aromatic heterocycles. The lowest BCUT2D eigenvalue weighted by molar-refractivity contribution is 0.318. The van der Waals surface area contributed by atoms with Crippen molar-refractivity contribution in [3.63, 3.8) is 0 Å². The molecule has 106 valence electrons. The van der Waals surface area contributed by atoms with Crippen LogP contribution in [0.25, 0.3) is 0 Å². The molecule has 18 heavy (non-hydrogen) atoms. The number of thioether (sulfide) groups is 1. The maximum Gasteiger partial charge on any atom is 0.0281 e. The maximum absolute atomic E-state index is 3.78. The molecule has 2 atom stereocenters. The van der Waals surface area contributed by atoms with Crippen molar-refractivity contribution in [1.82, 2.24) is 10.6 Å². The van der Waals surface area contributed by atoms with Crippen molar-refractivity contribution < 1.29 is 0 Å². The summed E-state index contributed by atoms with van der Waals surface area (Å²) in [5.41, 5.74) is 0. The average molecular weight is 270 g/mol. The van der Waals surface area contributed by atoms with Crippen LogP contribution in [0.2, 0.25) is 0 Å². The molecular weight excluding hydrogens is 240 g/mol. The Bertz CT molecular complexity index is 227. The summed E-state index contributed by atoms with van der Waals surface area (Å²) in [6.07, 6.45) is 13.4. The van der Waals surface area contributed by atoms with Crippen LogP contribution in [-0.2, 0) is 0 Å². The number of rotatable bonds is 6. The lowest BCUT2D eigenvalue weighted by Crippen LogP contribution is -2.47. The molecule has 0 amide bonds. The van der Waals surface area contributed by atoms with E-state index in [0.717, 1.165) is 6.04 Å². The minimum absolute atomic E-state index is 0.575. The van der Waals surface area contributed by atoms with Gasteiger partial charge in [-0.15, -0.1) is 0 Å². The molecule has 2 fully saturated rings. The molecule has 0 radical (unpaired) electrons. The third-order valence-corrected chi connectivity index (χ3v) is 6.19. The molecule has 1 saturated heterocycles. The zero-order chi connectivity index (χ0) is 12.8. The largest absolute Gasteiger partial charge is 0.314 e. The van der Waals surface area contributed by atoms with Crippen LogP contribution in [0.5, 0.6) is 0 Å². The van der Waals surface area contributed by atoms with Crippen molar-refractivity contribution in [2.24, 2.45) is 0 Å². The number of hydrogen-bond acceptors (Lipinski definition) is 3. The van der Waals surface area contributed by atoms with E-state index in [1.54, 1.807) is 0 Å². The highest BCUT2D eigenvalue weighted by molar-refractivity contribution is 8.00. The van der Waals surface area contributed by atoms with Crippen molar-refractivity contribution in [1.29, 1.82) is 0 Å². The molecule has 2 unspecified atom stereocenters. The van der Waals surface area contributed by atoms with E-state index in [9.17, 15) is 0 Å². The van der Waals surface area contributed by atoms with Gasteiger partial charge < -0.3 is 10.6 Å². The van der Waals surface area contributed by atoms with Crippen LogP contribution in [0.3, 0.4) is 0 Å². The van der Waals surface area contributed by atoms with Crippen LogP contribution in [0.4, 0.5) is 0 Å². The van der Waals surface area contributed by atoms with E-state index in [1.165, 1.54) is 64.5 Å². The van der Waals surface area contributed by atoms with Gasteiger partial charge in [0.2, 0.25) is 0 Å².